The Morgan fingerprint density at radius 2 is 2.14 bits per heavy atom. The first kappa shape index (κ1) is 15.6. The summed E-state index contributed by atoms with van der Waals surface area (Å²) in [5.74, 6) is 0. The SMILES string of the molecule is CCN(CC)c1ccc(NC(=O)NC2CCCO2)c(C)c1. The molecule has 5 heteroatoms. The number of benzene rings is 1. The van der Waals surface area contributed by atoms with Crippen LogP contribution < -0.4 is 15.5 Å². The lowest BCUT2D eigenvalue weighted by atomic mass is 10.1. The average Bonchev–Trinajstić information content (AvgIpc) is 2.96. The number of nitrogens with one attached hydrogen (secondary N) is 2. The molecule has 0 aliphatic carbocycles. The van der Waals surface area contributed by atoms with Gasteiger partial charge in [0.1, 0.15) is 6.23 Å². The lowest BCUT2D eigenvalue weighted by Gasteiger charge is -2.22. The highest BCUT2D eigenvalue weighted by atomic mass is 16.5. The fraction of sp³-hybridized carbons (Fsp3) is 0.562. The molecular formula is C16H25N3O2. The molecule has 0 radical (unpaired) electrons. The fourth-order valence-corrected chi connectivity index (χ4v) is 2.57. The molecule has 1 atom stereocenters. The zero-order valence-corrected chi connectivity index (χ0v) is 13.1. The van der Waals surface area contributed by atoms with E-state index in [-0.39, 0.29) is 12.3 Å². The number of rotatable bonds is 5. The summed E-state index contributed by atoms with van der Waals surface area (Å²) in [5.41, 5.74) is 3.07. The van der Waals surface area contributed by atoms with E-state index in [1.807, 2.05) is 19.1 Å². The third-order valence-corrected chi connectivity index (χ3v) is 3.81. The molecule has 5 nitrogen and oxygen atoms in total. The Balaban J connectivity index is 1.98. The van der Waals surface area contributed by atoms with Gasteiger partial charge in [0.25, 0.3) is 0 Å². The van der Waals surface area contributed by atoms with E-state index in [9.17, 15) is 4.79 Å². The van der Waals surface area contributed by atoms with E-state index in [4.69, 9.17) is 4.74 Å². The summed E-state index contributed by atoms with van der Waals surface area (Å²) < 4.78 is 5.39. The highest BCUT2D eigenvalue weighted by Crippen LogP contribution is 2.22. The van der Waals surface area contributed by atoms with Crippen LogP contribution in [0.4, 0.5) is 16.2 Å². The minimum absolute atomic E-state index is 0.153. The average molecular weight is 291 g/mol. The van der Waals surface area contributed by atoms with Crippen molar-refractivity contribution in [2.45, 2.75) is 39.8 Å². The molecule has 1 heterocycles. The van der Waals surface area contributed by atoms with Gasteiger partial charge in [-0.2, -0.15) is 0 Å². The first-order valence-corrected chi connectivity index (χ1v) is 7.68. The number of nitrogens with zero attached hydrogens (tertiary/aromatic N) is 1. The Morgan fingerprint density at radius 1 is 1.38 bits per heavy atom. The smallest absolute Gasteiger partial charge is 0.321 e. The van der Waals surface area contributed by atoms with Gasteiger partial charge in [-0.05, 0) is 57.4 Å². The van der Waals surface area contributed by atoms with Gasteiger partial charge in [0.2, 0.25) is 0 Å². The lowest BCUT2D eigenvalue weighted by Crippen LogP contribution is -2.37. The number of anilines is 2. The second kappa shape index (κ2) is 7.31. The quantitative estimate of drug-likeness (QED) is 0.876. The normalized spacial score (nSPS) is 17.6. The molecule has 1 aliphatic rings. The van der Waals surface area contributed by atoms with Crippen LogP contribution in [0.5, 0.6) is 0 Å². The van der Waals surface area contributed by atoms with Crippen molar-refractivity contribution in [1.29, 1.82) is 0 Å². The van der Waals surface area contributed by atoms with Crippen molar-refractivity contribution < 1.29 is 9.53 Å². The summed E-state index contributed by atoms with van der Waals surface area (Å²) in [4.78, 5) is 14.2. The molecule has 0 bridgehead atoms. The van der Waals surface area contributed by atoms with Gasteiger partial charge >= 0.3 is 6.03 Å². The fourth-order valence-electron chi connectivity index (χ4n) is 2.57. The van der Waals surface area contributed by atoms with Crippen molar-refractivity contribution in [3.8, 4) is 0 Å². The van der Waals surface area contributed by atoms with Crippen LogP contribution in [0.25, 0.3) is 0 Å². The van der Waals surface area contributed by atoms with E-state index in [0.29, 0.717) is 0 Å². The van der Waals surface area contributed by atoms with Gasteiger partial charge in [-0.1, -0.05) is 0 Å². The largest absolute Gasteiger partial charge is 0.372 e. The molecule has 0 spiro atoms. The van der Waals surface area contributed by atoms with E-state index in [1.165, 1.54) is 5.69 Å². The predicted molar refractivity (Wildman–Crippen MR) is 85.9 cm³/mol. The molecule has 1 fully saturated rings. The van der Waals surface area contributed by atoms with Gasteiger partial charge in [0, 0.05) is 31.1 Å². The second-order valence-electron chi connectivity index (χ2n) is 5.27. The van der Waals surface area contributed by atoms with Crippen LogP contribution in [-0.2, 0) is 4.74 Å². The van der Waals surface area contributed by atoms with Crippen molar-refractivity contribution in [1.82, 2.24) is 5.32 Å². The zero-order chi connectivity index (χ0) is 15.2. The molecule has 116 valence electrons. The summed E-state index contributed by atoms with van der Waals surface area (Å²) in [7, 11) is 0. The molecule has 1 aliphatic heterocycles. The standard InChI is InChI=1S/C16H25N3O2/c1-4-19(5-2)13-8-9-14(12(3)11-13)17-16(20)18-15-7-6-10-21-15/h8-9,11,15H,4-7,10H2,1-3H3,(H2,17,18,20). The van der Waals surface area contributed by atoms with Crippen molar-refractivity contribution in [2.24, 2.45) is 0 Å². The van der Waals surface area contributed by atoms with Gasteiger partial charge < -0.3 is 20.3 Å². The molecule has 1 saturated heterocycles. The molecule has 2 N–H and O–H groups in total. The predicted octanol–water partition coefficient (Wildman–Crippen LogP) is 3.10. The number of aryl methyl sites for hydroxylation is 1. The van der Waals surface area contributed by atoms with Gasteiger partial charge in [-0.25, -0.2) is 4.79 Å². The summed E-state index contributed by atoms with van der Waals surface area (Å²) in [6.07, 6.45) is 1.73. The molecule has 1 aromatic rings. The molecule has 0 saturated carbocycles. The van der Waals surface area contributed by atoms with Crippen molar-refractivity contribution in [2.75, 3.05) is 29.9 Å². The van der Waals surface area contributed by atoms with Gasteiger partial charge in [0.15, 0.2) is 0 Å². The monoisotopic (exact) mass is 291 g/mol. The number of urea groups is 1. The van der Waals surface area contributed by atoms with E-state index in [1.54, 1.807) is 0 Å². The molecule has 2 rings (SSSR count). The van der Waals surface area contributed by atoms with Crippen LogP contribution in [0.15, 0.2) is 18.2 Å². The zero-order valence-electron chi connectivity index (χ0n) is 13.1. The minimum Gasteiger partial charge on any atom is -0.372 e. The Hall–Kier alpha value is -1.75. The van der Waals surface area contributed by atoms with Crippen molar-refractivity contribution in [3.63, 3.8) is 0 Å². The highest BCUT2D eigenvalue weighted by molar-refractivity contribution is 5.90. The molecule has 2 amide bonds. The first-order valence-electron chi connectivity index (χ1n) is 7.68. The van der Waals surface area contributed by atoms with Crippen LogP contribution in [0, 0.1) is 6.92 Å². The number of carbonyl (C=O) groups is 1. The van der Waals surface area contributed by atoms with Gasteiger partial charge in [-0.3, -0.25) is 0 Å². The van der Waals surface area contributed by atoms with Crippen LogP contribution in [-0.4, -0.2) is 32.0 Å². The Kier molecular flexibility index (Phi) is 5.44. The highest BCUT2D eigenvalue weighted by Gasteiger charge is 2.17. The molecule has 1 unspecified atom stereocenters. The number of amides is 2. The van der Waals surface area contributed by atoms with E-state index < -0.39 is 0 Å². The molecular weight excluding hydrogens is 266 g/mol. The number of ether oxygens (including phenoxy) is 1. The number of hydrogen-bond acceptors (Lipinski definition) is 3. The van der Waals surface area contributed by atoms with Crippen molar-refractivity contribution in [3.05, 3.63) is 23.8 Å². The minimum atomic E-state index is -0.208. The first-order chi connectivity index (χ1) is 10.1. The summed E-state index contributed by atoms with van der Waals surface area (Å²) in [6, 6.07) is 5.90. The topological polar surface area (TPSA) is 53.6 Å². The van der Waals surface area contributed by atoms with Gasteiger partial charge in [-0.15, -0.1) is 0 Å². The lowest BCUT2D eigenvalue weighted by molar-refractivity contribution is 0.0928. The summed E-state index contributed by atoms with van der Waals surface area (Å²) in [5, 5.41) is 5.72. The maximum Gasteiger partial charge on any atom is 0.321 e. The van der Waals surface area contributed by atoms with Crippen LogP contribution in [0.3, 0.4) is 0 Å². The van der Waals surface area contributed by atoms with Crippen molar-refractivity contribution >= 4 is 17.4 Å². The number of carbonyl (C=O) groups excluding carboxylic acids is 1. The third-order valence-electron chi connectivity index (χ3n) is 3.81. The van der Waals surface area contributed by atoms with E-state index >= 15 is 0 Å². The van der Waals surface area contributed by atoms with Crippen LogP contribution in [0.1, 0.15) is 32.3 Å². The maximum absolute atomic E-state index is 11.9. The molecule has 21 heavy (non-hydrogen) atoms. The van der Waals surface area contributed by atoms with E-state index in [2.05, 4.69) is 35.4 Å². The Bertz CT molecular complexity index is 480. The van der Waals surface area contributed by atoms with Crippen LogP contribution in [0.2, 0.25) is 0 Å². The Labute approximate surface area is 126 Å². The van der Waals surface area contributed by atoms with Gasteiger partial charge in [0.05, 0.1) is 0 Å². The van der Waals surface area contributed by atoms with Crippen LogP contribution >= 0.6 is 0 Å². The number of hydrogen-bond donors (Lipinski definition) is 2. The molecule has 0 aromatic heterocycles. The maximum atomic E-state index is 11.9. The Morgan fingerprint density at radius 3 is 2.71 bits per heavy atom. The molecule has 1 aromatic carbocycles. The summed E-state index contributed by atoms with van der Waals surface area (Å²) in [6.45, 7) is 8.96. The second-order valence-corrected chi connectivity index (χ2v) is 5.27. The third kappa shape index (κ3) is 4.11. The summed E-state index contributed by atoms with van der Waals surface area (Å²) >= 11 is 0. The van der Waals surface area contributed by atoms with E-state index in [0.717, 1.165) is 43.8 Å².